The van der Waals surface area contributed by atoms with Gasteiger partial charge in [0.05, 0.1) is 5.88 Å². The van der Waals surface area contributed by atoms with Crippen molar-refractivity contribution in [2.24, 2.45) is 17.8 Å². The second-order valence-electron chi connectivity index (χ2n) is 5.27. The van der Waals surface area contributed by atoms with Gasteiger partial charge in [-0.1, -0.05) is 6.92 Å². The summed E-state index contributed by atoms with van der Waals surface area (Å²) in [5, 5.41) is 3.56. The lowest BCUT2D eigenvalue weighted by Crippen LogP contribution is -2.34. The topological polar surface area (TPSA) is 29.1 Å². The van der Waals surface area contributed by atoms with Gasteiger partial charge in [-0.3, -0.25) is 4.79 Å². The molecule has 1 saturated heterocycles. The molecule has 1 aliphatic heterocycles. The van der Waals surface area contributed by atoms with Gasteiger partial charge < -0.3 is 5.32 Å². The lowest BCUT2D eigenvalue weighted by atomic mass is 9.73. The number of hydrogen-bond donors (Lipinski definition) is 1. The Bertz CT molecular complexity index is 256. The molecule has 2 fully saturated rings. The van der Waals surface area contributed by atoms with E-state index in [1.165, 1.54) is 19.3 Å². The molecule has 0 aromatic carbocycles. The molecule has 0 radical (unpaired) electrons. The van der Waals surface area contributed by atoms with E-state index in [2.05, 4.69) is 19.2 Å². The average Bonchev–Trinajstić information content (AvgIpc) is 2.52. The van der Waals surface area contributed by atoms with Crippen molar-refractivity contribution in [3.63, 3.8) is 0 Å². The van der Waals surface area contributed by atoms with Crippen LogP contribution in [0.5, 0.6) is 0 Å². The maximum atomic E-state index is 11.8. The van der Waals surface area contributed by atoms with Crippen LogP contribution in [-0.4, -0.2) is 23.7 Å². The predicted molar refractivity (Wildman–Crippen MR) is 62.1 cm³/mol. The minimum atomic E-state index is 0.162. The molecule has 2 aliphatic rings. The molecule has 1 saturated carbocycles. The maximum Gasteiger partial charge on any atom is 0.152 e. The molecule has 1 aliphatic carbocycles. The zero-order valence-corrected chi connectivity index (χ0v) is 10.3. The second-order valence-corrected chi connectivity index (χ2v) is 5.54. The van der Waals surface area contributed by atoms with Gasteiger partial charge in [0.2, 0.25) is 0 Å². The zero-order chi connectivity index (χ0) is 11.0. The number of ketones is 1. The number of rotatable bonds is 2. The summed E-state index contributed by atoms with van der Waals surface area (Å²) >= 11 is 5.69. The van der Waals surface area contributed by atoms with E-state index in [0.29, 0.717) is 18.0 Å². The van der Waals surface area contributed by atoms with Crippen molar-refractivity contribution in [1.82, 2.24) is 5.32 Å². The minimum absolute atomic E-state index is 0.162. The zero-order valence-electron chi connectivity index (χ0n) is 9.50. The van der Waals surface area contributed by atoms with Crippen LogP contribution in [0.1, 0.15) is 33.1 Å². The van der Waals surface area contributed by atoms with Gasteiger partial charge in [-0.15, -0.1) is 11.6 Å². The summed E-state index contributed by atoms with van der Waals surface area (Å²) in [6.07, 6.45) is 3.71. The highest BCUT2D eigenvalue weighted by Crippen LogP contribution is 2.40. The smallest absolute Gasteiger partial charge is 0.152 e. The van der Waals surface area contributed by atoms with Crippen LogP contribution in [0, 0.1) is 17.8 Å². The van der Waals surface area contributed by atoms with Crippen molar-refractivity contribution in [3.05, 3.63) is 0 Å². The van der Waals surface area contributed by atoms with E-state index in [1.807, 2.05) is 0 Å². The first-order valence-electron chi connectivity index (χ1n) is 5.98. The first kappa shape index (κ1) is 11.4. The normalized spacial score (nSPS) is 45.1. The van der Waals surface area contributed by atoms with Gasteiger partial charge in [-0.05, 0) is 38.0 Å². The third kappa shape index (κ3) is 2.07. The number of hydrogen-bond acceptors (Lipinski definition) is 2. The molecule has 0 amide bonds. The Labute approximate surface area is 96.8 Å². The molecule has 0 spiro atoms. The van der Waals surface area contributed by atoms with Crippen molar-refractivity contribution in [1.29, 1.82) is 0 Å². The Morgan fingerprint density at radius 3 is 2.80 bits per heavy atom. The number of carbonyl (C=O) groups excluding carboxylic acids is 1. The van der Waals surface area contributed by atoms with Crippen LogP contribution < -0.4 is 5.32 Å². The molecule has 1 heterocycles. The van der Waals surface area contributed by atoms with Crippen molar-refractivity contribution >= 4 is 17.4 Å². The molecule has 5 unspecified atom stereocenters. The van der Waals surface area contributed by atoms with Gasteiger partial charge in [0, 0.05) is 18.0 Å². The Morgan fingerprint density at radius 1 is 1.40 bits per heavy atom. The Balaban J connectivity index is 2.12. The van der Waals surface area contributed by atoms with Crippen molar-refractivity contribution in [2.45, 2.75) is 45.2 Å². The highest BCUT2D eigenvalue weighted by Gasteiger charge is 2.45. The lowest BCUT2D eigenvalue weighted by molar-refractivity contribution is -0.122. The van der Waals surface area contributed by atoms with Gasteiger partial charge >= 0.3 is 0 Å². The van der Waals surface area contributed by atoms with E-state index >= 15 is 0 Å². The SMILES string of the molecule is CC1CCC2NC(C)C(C(=O)CCl)C2C1. The summed E-state index contributed by atoms with van der Waals surface area (Å²) in [5.41, 5.74) is 0. The van der Waals surface area contributed by atoms with Crippen LogP contribution in [0.15, 0.2) is 0 Å². The first-order valence-corrected chi connectivity index (χ1v) is 6.51. The number of alkyl halides is 1. The number of halogens is 1. The Hall–Kier alpha value is -0.0800. The average molecular weight is 230 g/mol. The lowest BCUT2D eigenvalue weighted by Gasteiger charge is -2.31. The number of Topliss-reactive ketones (excluding diaryl/α,β-unsaturated/α-hetero) is 1. The molecule has 86 valence electrons. The fraction of sp³-hybridized carbons (Fsp3) is 0.917. The maximum absolute atomic E-state index is 11.8. The second kappa shape index (κ2) is 4.42. The van der Waals surface area contributed by atoms with E-state index < -0.39 is 0 Å². The fourth-order valence-corrected chi connectivity index (χ4v) is 3.63. The van der Waals surface area contributed by atoms with Crippen molar-refractivity contribution in [2.75, 3.05) is 5.88 Å². The first-order chi connectivity index (χ1) is 7.13. The fourth-order valence-electron chi connectivity index (χ4n) is 3.45. The van der Waals surface area contributed by atoms with E-state index in [0.717, 1.165) is 5.92 Å². The standard InChI is InChI=1S/C12H20ClNO/c1-7-3-4-10-9(5-7)12(8(2)14-10)11(15)6-13/h7-10,12,14H,3-6H2,1-2H3. The van der Waals surface area contributed by atoms with Gasteiger partial charge in [-0.25, -0.2) is 0 Å². The number of carbonyl (C=O) groups is 1. The largest absolute Gasteiger partial charge is 0.310 e. The molecule has 0 aromatic rings. The molecule has 1 N–H and O–H groups in total. The molecule has 2 nitrogen and oxygen atoms in total. The van der Waals surface area contributed by atoms with Crippen LogP contribution in [0.4, 0.5) is 0 Å². The summed E-state index contributed by atoms with van der Waals surface area (Å²) < 4.78 is 0. The molecular formula is C12H20ClNO. The molecule has 0 aromatic heterocycles. The molecule has 5 atom stereocenters. The summed E-state index contributed by atoms with van der Waals surface area (Å²) in [4.78, 5) is 11.8. The van der Waals surface area contributed by atoms with Gasteiger partial charge in [0.25, 0.3) is 0 Å². The van der Waals surface area contributed by atoms with Crippen molar-refractivity contribution < 1.29 is 4.79 Å². The van der Waals surface area contributed by atoms with Crippen molar-refractivity contribution in [3.8, 4) is 0 Å². The highest BCUT2D eigenvalue weighted by molar-refractivity contribution is 6.28. The van der Waals surface area contributed by atoms with E-state index in [-0.39, 0.29) is 17.6 Å². The summed E-state index contributed by atoms with van der Waals surface area (Å²) in [7, 11) is 0. The summed E-state index contributed by atoms with van der Waals surface area (Å²) in [6, 6.07) is 0.880. The van der Waals surface area contributed by atoms with Gasteiger partial charge in [0.15, 0.2) is 5.78 Å². The van der Waals surface area contributed by atoms with Crippen LogP contribution in [0.3, 0.4) is 0 Å². The van der Waals surface area contributed by atoms with Crippen LogP contribution >= 0.6 is 11.6 Å². The molecule has 15 heavy (non-hydrogen) atoms. The monoisotopic (exact) mass is 229 g/mol. The third-order valence-electron chi connectivity index (χ3n) is 4.14. The van der Waals surface area contributed by atoms with Gasteiger partial charge in [0.1, 0.15) is 0 Å². The third-order valence-corrected chi connectivity index (χ3v) is 4.41. The van der Waals surface area contributed by atoms with Gasteiger partial charge in [-0.2, -0.15) is 0 Å². The number of fused-ring (bicyclic) bond motifs is 1. The van der Waals surface area contributed by atoms with E-state index in [1.54, 1.807) is 0 Å². The van der Waals surface area contributed by atoms with Crippen LogP contribution in [0.2, 0.25) is 0 Å². The molecule has 3 heteroatoms. The highest BCUT2D eigenvalue weighted by atomic mass is 35.5. The predicted octanol–water partition coefficient (Wildman–Crippen LogP) is 2.21. The molecule has 2 rings (SSSR count). The van der Waals surface area contributed by atoms with Crippen LogP contribution in [-0.2, 0) is 4.79 Å². The summed E-state index contributed by atoms with van der Waals surface area (Å²) in [6.45, 7) is 4.42. The van der Waals surface area contributed by atoms with E-state index in [4.69, 9.17) is 11.6 Å². The Kier molecular flexibility index (Phi) is 3.36. The molecular weight excluding hydrogens is 210 g/mol. The molecule has 0 bridgehead atoms. The quantitative estimate of drug-likeness (QED) is 0.736. The van der Waals surface area contributed by atoms with E-state index in [9.17, 15) is 4.79 Å². The minimum Gasteiger partial charge on any atom is -0.310 e. The number of nitrogens with one attached hydrogen (secondary N) is 1. The Morgan fingerprint density at radius 2 is 2.13 bits per heavy atom. The van der Waals surface area contributed by atoms with Crippen LogP contribution in [0.25, 0.3) is 0 Å². The summed E-state index contributed by atoms with van der Waals surface area (Å²) in [5.74, 6) is 1.88.